The molecule has 1 saturated heterocycles. The maximum atomic E-state index is 13.9. The Balaban J connectivity index is 0.000000226. The summed E-state index contributed by atoms with van der Waals surface area (Å²) in [6.07, 6.45) is -0.187. The average Bonchev–Trinajstić information content (AvgIpc) is 3.18. The second-order valence-electron chi connectivity index (χ2n) is 15.2. The van der Waals surface area contributed by atoms with Crippen LogP contribution >= 0.6 is 0 Å². The lowest BCUT2D eigenvalue weighted by Crippen LogP contribution is -2.38. The first-order valence-electron chi connectivity index (χ1n) is 19.8. The number of fused-ring (bicyclic) bond motifs is 1. The minimum Gasteiger partial charge on any atom is -0.512 e. The minimum atomic E-state index is -4.58. The van der Waals surface area contributed by atoms with Gasteiger partial charge in [-0.05, 0) is 89.4 Å². The van der Waals surface area contributed by atoms with E-state index in [2.05, 4.69) is 40.5 Å². The van der Waals surface area contributed by atoms with Gasteiger partial charge >= 0.3 is 6.18 Å². The Kier molecular flexibility index (Phi) is 13.7. The number of aliphatic hydroxyl groups is 1. The van der Waals surface area contributed by atoms with Gasteiger partial charge in [0.05, 0.1) is 31.1 Å². The van der Waals surface area contributed by atoms with Crippen LogP contribution < -0.4 is 20.5 Å². The number of alkyl halides is 5. The lowest BCUT2D eigenvalue weighted by Gasteiger charge is -2.32. The van der Waals surface area contributed by atoms with E-state index < -0.39 is 29.9 Å². The van der Waals surface area contributed by atoms with Crippen LogP contribution in [-0.2, 0) is 13.0 Å². The topological polar surface area (TPSA) is 97.1 Å². The third-order valence-corrected chi connectivity index (χ3v) is 11.2. The standard InChI is InChI=1S/C31H35F2NO3.C16H14F4N2O/c1-36-28-15-13-23(20-34-18-16-31(32,33)17-19-34)30(37-2)29(28)26-11-5-9-24-21(6-4-10-25(24)26)12-14-27(35)22-7-3-8-22;1-9-7-11(8-12(17)13(9)15(21)23)22-14(16(18,19)20)10-5-3-2-4-6-10/h4-6,9-11,13,15,35H,3,7-8,12,14,16-20H2,1-2H3;2-8,14,22H,1H3,(H2,21,23). The number of nitrogens with zero attached hydrogens (tertiary/aromatic N) is 1. The first kappa shape index (κ1) is 43.9. The summed E-state index contributed by atoms with van der Waals surface area (Å²) in [6.45, 7) is 2.66. The van der Waals surface area contributed by atoms with Crippen molar-refractivity contribution in [1.29, 1.82) is 0 Å². The Morgan fingerprint density at radius 2 is 1.58 bits per heavy atom. The Morgan fingerprint density at radius 1 is 0.900 bits per heavy atom. The third-order valence-electron chi connectivity index (χ3n) is 11.2. The number of carbonyl (C=O) groups is 1. The van der Waals surface area contributed by atoms with E-state index >= 15 is 0 Å². The van der Waals surface area contributed by atoms with Crippen LogP contribution in [0.15, 0.2) is 102 Å². The number of methoxy groups -OCH3 is 2. The molecule has 4 N–H and O–H groups in total. The van der Waals surface area contributed by atoms with Gasteiger partial charge in [-0.25, -0.2) is 13.2 Å². The summed E-state index contributed by atoms with van der Waals surface area (Å²) >= 11 is 0. The van der Waals surface area contributed by atoms with E-state index in [1.165, 1.54) is 54.8 Å². The summed E-state index contributed by atoms with van der Waals surface area (Å²) in [6, 6.07) is 23.8. The first-order chi connectivity index (χ1) is 28.6. The molecule has 0 spiro atoms. The zero-order valence-electron chi connectivity index (χ0n) is 33.8. The molecule has 5 aromatic carbocycles. The molecular weight excluding hydrogens is 785 g/mol. The summed E-state index contributed by atoms with van der Waals surface area (Å²) in [5, 5.41) is 15.0. The fourth-order valence-electron chi connectivity index (χ4n) is 7.86. The summed E-state index contributed by atoms with van der Waals surface area (Å²) in [4.78, 5) is 13.2. The number of aryl methyl sites for hydroxylation is 2. The Bertz CT molecular complexity index is 2310. The third kappa shape index (κ3) is 10.2. The summed E-state index contributed by atoms with van der Waals surface area (Å²) in [5.74, 6) is -2.54. The molecule has 2 aliphatic rings. The van der Waals surface area contributed by atoms with Crippen molar-refractivity contribution >= 4 is 22.4 Å². The van der Waals surface area contributed by atoms with Crippen LogP contribution in [0.2, 0.25) is 0 Å². The molecule has 1 amide bonds. The molecule has 1 heterocycles. The number of aliphatic hydroxyl groups excluding tert-OH is 1. The lowest BCUT2D eigenvalue weighted by atomic mass is 9.89. The van der Waals surface area contributed by atoms with Crippen molar-refractivity contribution < 1.29 is 45.7 Å². The molecule has 318 valence electrons. The van der Waals surface area contributed by atoms with Gasteiger partial charge in [-0.15, -0.1) is 0 Å². The highest BCUT2D eigenvalue weighted by molar-refractivity contribution is 6.01. The van der Waals surface area contributed by atoms with Crippen LogP contribution in [0.5, 0.6) is 11.5 Å². The lowest BCUT2D eigenvalue weighted by molar-refractivity contribution is -0.144. The summed E-state index contributed by atoms with van der Waals surface area (Å²) < 4.78 is 92.9. The highest BCUT2D eigenvalue weighted by atomic mass is 19.4. The van der Waals surface area contributed by atoms with Crippen LogP contribution in [-0.4, -0.2) is 55.3 Å². The van der Waals surface area contributed by atoms with Gasteiger partial charge in [-0.2, -0.15) is 13.2 Å². The Hall–Kier alpha value is -5.69. The zero-order chi connectivity index (χ0) is 43.2. The van der Waals surface area contributed by atoms with Gasteiger partial charge in [0.25, 0.3) is 11.8 Å². The van der Waals surface area contributed by atoms with E-state index in [9.17, 15) is 36.2 Å². The molecule has 0 aromatic heterocycles. The molecule has 0 radical (unpaired) electrons. The maximum Gasteiger partial charge on any atom is 0.412 e. The Morgan fingerprint density at radius 3 is 2.18 bits per heavy atom. The molecule has 7 nitrogen and oxygen atoms in total. The SMILES string of the molecule is COc1ccc(CN2CCC(F)(F)CC2)c(OC)c1-c1cccc2c(CCC(O)=C3CCC3)cccc12.Cc1cc(NC(c2ccccc2)C(F)(F)F)cc(F)c1C(N)=O. The number of ether oxygens (including phenoxy) is 2. The van der Waals surface area contributed by atoms with Gasteiger partial charge in [0, 0.05) is 50.1 Å². The molecule has 0 bridgehead atoms. The molecule has 2 fully saturated rings. The molecule has 13 heteroatoms. The molecule has 1 aliphatic heterocycles. The van der Waals surface area contributed by atoms with Crippen LogP contribution in [0, 0.1) is 12.7 Å². The van der Waals surface area contributed by atoms with E-state index in [4.69, 9.17) is 15.2 Å². The van der Waals surface area contributed by atoms with Gasteiger partial charge in [0.1, 0.15) is 23.4 Å². The average molecular weight is 834 g/mol. The zero-order valence-corrected chi connectivity index (χ0v) is 33.8. The molecule has 1 saturated carbocycles. The number of primary amides is 1. The molecule has 60 heavy (non-hydrogen) atoms. The first-order valence-corrected chi connectivity index (χ1v) is 19.8. The molecule has 1 atom stereocenters. The number of nitrogens with two attached hydrogens (primary N) is 1. The van der Waals surface area contributed by atoms with E-state index in [0.29, 0.717) is 43.3 Å². The van der Waals surface area contributed by atoms with Gasteiger partial charge in [-0.3, -0.25) is 9.69 Å². The van der Waals surface area contributed by atoms with Crippen molar-refractivity contribution in [2.24, 2.45) is 5.73 Å². The van der Waals surface area contributed by atoms with Crippen molar-refractivity contribution in [3.05, 3.63) is 136 Å². The second kappa shape index (κ2) is 18.7. The van der Waals surface area contributed by atoms with Gasteiger partial charge < -0.3 is 25.6 Å². The van der Waals surface area contributed by atoms with Crippen molar-refractivity contribution in [2.75, 3.05) is 32.6 Å². The van der Waals surface area contributed by atoms with Crippen LogP contribution in [0.1, 0.15) is 77.2 Å². The molecule has 1 unspecified atom stereocenters. The van der Waals surface area contributed by atoms with Gasteiger partial charge in [0.15, 0.2) is 0 Å². The molecule has 1 aliphatic carbocycles. The van der Waals surface area contributed by atoms with Crippen molar-refractivity contribution in [1.82, 2.24) is 4.90 Å². The van der Waals surface area contributed by atoms with E-state index in [-0.39, 0.29) is 35.2 Å². The largest absolute Gasteiger partial charge is 0.512 e. The monoisotopic (exact) mass is 833 g/mol. The van der Waals surface area contributed by atoms with Crippen molar-refractivity contribution in [2.45, 2.75) is 76.6 Å². The number of nitrogens with one attached hydrogen (secondary N) is 1. The number of amides is 1. The predicted octanol–water partition coefficient (Wildman–Crippen LogP) is 11.6. The van der Waals surface area contributed by atoms with E-state index in [0.717, 1.165) is 52.8 Å². The fraction of sp³-hybridized carbons (Fsp3) is 0.340. The Labute approximate surface area is 345 Å². The van der Waals surface area contributed by atoms with E-state index in [1.807, 2.05) is 18.2 Å². The highest BCUT2D eigenvalue weighted by Gasteiger charge is 2.41. The maximum absolute atomic E-state index is 13.9. The van der Waals surface area contributed by atoms with Gasteiger partial charge in [0.2, 0.25) is 0 Å². The van der Waals surface area contributed by atoms with Crippen LogP contribution in [0.4, 0.5) is 32.0 Å². The number of likely N-dealkylation sites (tertiary alicyclic amines) is 1. The number of carbonyl (C=O) groups excluding carboxylic acids is 1. The normalized spacial score (nSPS) is 15.7. The highest BCUT2D eigenvalue weighted by Crippen LogP contribution is 2.45. The van der Waals surface area contributed by atoms with Crippen molar-refractivity contribution in [3.63, 3.8) is 0 Å². The number of hydrogen-bond donors (Lipinski definition) is 3. The quantitative estimate of drug-likeness (QED) is 0.0856. The number of allylic oxidation sites excluding steroid dienone is 2. The summed E-state index contributed by atoms with van der Waals surface area (Å²) in [7, 11) is 3.30. The molecule has 5 aromatic rings. The molecular formula is C47H49F6N3O4. The fourth-order valence-corrected chi connectivity index (χ4v) is 7.86. The predicted molar refractivity (Wildman–Crippen MR) is 222 cm³/mol. The number of rotatable bonds is 12. The van der Waals surface area contributed by atoms with Crippen molar-refractivity contribution in [3.8, 4) is 22.6 Å². The van der Waals surface area contributed by atoms with Crippen LogP contribution in [0.25, 0.3) is 21.9 Å². The smallest absolute Gasteiger partial charge is 0.412 e. The van der Waals surface area contributed by atoms with E-state index in [1.54, 1.807) is 20.3 Å². The van der Waals surface area contributed by atoms with Crippen LogP contribution in [0.3, 0.4) is 0 Å². The number of halogens is 6. The number of hydrogen-bond acceptors (Lipinski definition) is 6. The second-order valence-corrected chi connectivity index (χ2v) is 15.2. The number of benzene rings is 5. The summed E-state index contributed by atoms with van der Waals surface area (Å²) in [5.41, 5.74) is 9.99. The minimum absolute atomic E-state index is 0.00274. The number of anilines is 1. The number of piperidine rings is 1. The van der Waals surface area contributed by atoms with Gasteiger partial charge in [-0.1, -0.05) is 72.8 Å². The molecule has 7 rings (SSSR count).